The summed E-state index contributed by atoms with van der Waals surface area (Å²) in [5, 5.41) is 12.3. The first kappa shape index (κ1) is 13.2. The van der Waals surface area contributed by atoms with E-state index < -0.39 is 11.6 Å². The van der Waals surface area contributed by atoms with Crippen LogP contribution in [-0.2, 0) is 4.79 Å². The Balaban J connectivity index is 1.72. The monoisotopic (exact) mass is 277 g/mol. The minimum atomic E-state index is -0.686. The molecule has 3 rings (SSSR count). The van der Waals surface area contributed by atoms with Gasteiger partial charge in [-0.2, -0.15) is 0 Å². The molecule has 1 aliphatic carbocycles. The normalized spacial score (nSPS) is 26.5. The Labute approximate surface area is 117 Å². The van der Waals surface area contributed by atoms with Gasteiger partial charge in [-0.1, -0.05) is 12.1 Å². The van der Waals surface area contributed by atoms with Crippen molar-refractivity contribution in [3.05, 3.63) is 24.3 Å². The maximum atomic E-state index is 12.4. The second kappa shape index (κ2) is 4.98. The lowest BCUT2D eigenvalue weighted by molar-refractivity contribution is -0.137. The molecule has 2 atom stereocenters. The molecular weight excluding hydrogens is 258 g/mol. The number of carbonyl (C=O) groups excluding carboxylic acids is 1. The molecule has 1 aromatic rings. The van der Waals surface area contributed by atoms with Gasteiger partial charge < -0.3 is 19.9 Å². The molecule has 1 aliphatic heterocycles. The third-order valence-electron chi connectivity index (χ3n) is 4.10. The predicted octanol–water partition coefficient (Wildman–Crippen LogP) is 1.25. The molecule has 0 saturated heterocycles. The van der Waals surface area contributed by atoms with E-state index in [-0.39, 0.29) is 18.6 Å². The maximum Gasteiger partial charge on any atom is 0.265 e. The lowest BCUT2D eigenvalue weighted by Crippen LogP contribution is -2.61. The summed E-state index contributed by atoms with van der Waals surface area (Å²) >= 11 is 0. The minimum Gasteiger partial charge on any atom is -0.482 e. The number of ether oxygens (including phenoxy) is 2. The Morgan fingerprint density at radius 1 is 1.35 bits per heavy atom. The summed E-state index contributed by atoms with van der Waals surface area (Å²) in [4.78, 5) is 12.4. The molecule has 2 N–H and O–H groups in total. The van der Waals surface area contributed by atoms with Gasteiger partial charge in [0.05, 0.1) is 12.1 Å². The van der Waals surface area contributed by atoms with E-state index in [2.05, 4.69) is 5.32 Å². The number of fused-ring (bicyclic) bond motifs is 1. The largest absolute Gasteiger partial charge is 0.482 e. The van der Waals surface area contributed by atoms with E-state index >= 15 is 0 Å². The summed E-state index contributed by atoms with van der Waals surface area (Å²) in [5.41, 5.74) is -0.461. The Morgan fingerprint density at radius 2 is 2.00 bits per heavy atom. The molecule has 108 valence electrons. The quantitative estimate of drug-likeness (QED) is 0.872. The van der Waals surface area contributed by atoms with Crippen molar-refractivity contribution in [2.75, 3.05) is 6.61 Å². The number of amides is 1. The average molecular weight is 277 g/mol. The fourth-order valence-corrected chi connectivity index (χ4v) is 2.66. The van der Waals surface area contributed by atoms with Gasteiger partial charge >= 0.3 is 0 Å². The zero-order valence-electron chi connectivity index (χ0n) is 11.5. The Kier molecular flexibility index (Phi) is 3.30. The lowest BCUT2D eigenvalue weighted by Gasteiger charge is -2.42. The van der Waals surface area contributed by atoms with Crippen LogP contribution in [0.4, 0.5) is 0 Å². The molecule has 0 aromatic heterocycles. The fraction of sp³-hybridized carbons (Fsp3) is 0.533. The number of aliphatic hydroxyl groups is 1. The number of hydrogen-bond donors (Lipinski definition) is 2. The molecule has 0 radical (unpaired) electrons. The van der Waals surface area contributed by atoms with Gasteiger partial charge in [0, 0.05) is 0 Å². The van der Waals surface area contributed by atoms with Crippen LogP contribution in [0, 0.1) is 0 Å². The molecule has 2 unspecified atom stereocenters. The van der Waals surface area contributed by atoms with Gasteiger partial charge in [-0.15, -0.1) is 0 Å². The van der Waals surface area contributed by atoms with E-state index in [1.807, 2.05) is 25.1 Å². The van der Waals surface area contributed by atoms with Crippen LogP contribution in [0.2, 0.25) is 0 Å². The Hall–Kier alpha value is -1.75. The van der Waals surface area contributed by atoms with Crippen molar-refractivity contribution in [2.45, 2.75) is 43.9 Å². The van der Waals surface area contributed by atoms with Crippen molar-refractivity contribution < 1.29 is 19.4 Å². The smallest absolute Gasteiger partial charge is 0.265 e. The summed E-state index contributed by atoms with van der Waals surface area (Å²) in [7, 11) is 0. The van der Waals surface area contributed by atoms with Crippen LogP contribution in [0.1, 0.15) is 26.2 Å². The summed E-state index contributed by atoms with van der Waals surface area (Å²) in [6, 6.07) is 7.31. The van der Waals surface area contributed by atoms with E-state index in [4.69, 9.17) is 9.47 Å². The number of nitrogens with one attached hydrogen (secondary N) is 1. The Bertz CT molecular complexity index is 507. The first-order chi connectivity index (χ1) is 9.63. The van der Waals surface area contributed by atoms with Crippen molar-refractivity contribution >= 4 is 5.91 Å². The maximum absolute atomic E-state index is 12.4. The molecule has 1 heterocycles. The second-order valence-electron chi connectivity index (χ2n) is 5.59. The molecule has 20 heavy (non-hydrogen) atoms. The predicted molar refractivity (Wildman–Crippen MR) is 72.8 cm³/mol. The number of rotatable bonds is 3. The van der Waals surface area contributed by atoms with Crippen LogP contribution in [-0.4, -0.2) is 35.4 Å². The number of para-hydroxylation sites is 2. The van der Waals surface area contributed by atoms with E-state index in [1.54, 1.807) is 6.07 Å². The fourth-order valence-electron chi connectivity index (χ4n) is 2.66. The molecule has 0 bridgehead atoms. The van der Waals surface area contributed by atoms with E-state index in [9.17, 15) is 9.90 Å². The van der Waals surface area contributed by atoms with Crippen LogP contribution in [0.25, 0.3) is 0 Å². The molecule has 5 heteroatoms. The third kappa shape index (κ3) is 2.22. The molecule has 1 amide bonds. The van der Waals surface area contributed by atoms with Crippen LogP contribution >= 0.6 is 0 Å². The highest BCUT2D eigenvalue weighted by atomic mass is 16.6. The second-order valence-corrected chi connectivity index (χ2v) is 5.59. The van der Waals surface area contributed by atoms with Crippen LogP contribution in [0.5, 0.6) is 11.5 Å². The summed E-state index contributed by atoms with van der Waals surface area (Å²) < 4.78 is 11.5. The van der Waals surface area contributed by atoms with Gasteiger partial charge in [0.1, 0.15) is 6.10 Å². The molecular formula is C15H19NO4. The zero-order valence-corrected chi connectivity index (χ0v) is 11.5. The minimum absolute atomic E-state index is 0.0305. The highest BCUT2D eigenvalue weighted by Crippen LogP contribution is 2.35. The van der Waals surface area contributed by atoms with Crippen molar-refractivity contribution in [2.24, 2.45) is 0 Å². The molecule has 1 saturated carbocycles. The van der Waals surface area contributed by atoms with E-state index in [0.29, 0.717) is 11.5 Å². The van der Waals surface area contributed by atoms with Crippen molar-refractivity contribution in [3.63, 3.8) is 0 Å². The first-order valence-corrected chi connectivity index (χ1v) is 6.99. The summed E-state index contributed by atoms with van der Waals surface area (Å²) in [6.07, 6.45) is 1.61. The van der Waals surface area contributed by atoms with Gasteiger partial charge in [0.2, 0.25) is 6.10 Å². The van der Waals surface area contributed by atoms with Crippen LogP contribution in [0.3, 0.4) is 0 Å². The van der Waals surface area contributed by atoms with Gasteiger partial charge in [-0.3, -0.25) is 4.79 Å². The van der Waals surface area contributed by atoms with Gasteiger partial charge in [0.25, 0.3) is 5.91 Å². The van der Waals surface area contributed by atoms with Gasteiger partial charge in [-0.25, -0.2) is 0 Å². The SMILES string of the molecule is CC1Oc2ccccc2OC1C(=O)NC1(CO)CCC1. The molecule has 1 fully saturated rings. The number of benzene rings is 1. The van der Waals surface area contributed by atoms with Crippen molar-refractivity contribution in [1.29, 1.82) is 0 Å². The molecule has 1 aromatic carbocycles. The highest BCUT2D eigenvalue weighted by Gasteiger charge is 2.42. The average Bonchev–Trinajstić information content (AvgIpc) is 2.42. The topological polar surface area (TPSA) is 67.8 Å². The standard InChI is InChI=1S/C15H19NO4/c1-10-13(14(18)16-15(9-17)7-4-8-15)20-12-6-3-2-5-11(12)19-10/h2-3,5-6,10,13,17H,4,7-9H2,1H3,(H,16,18). The van der Waals surface area contributed by atoms with Crippen LogP contribution < -0.4 is 14.8 Å². The number of aliphatic hydroxyl groups excluding tert-OH is 1. The van der Waals surface area contributed by atoms with Crippen molar-refractivity contribution in [1.82, 2.24) is 5.32 Å². The van der Waals surface area contributed by atoms with Gasteiger partial charge in [-0.05, 0) is 38.3 Å². The first-order valence-electron chi connectivity index (χ1n) is 6.99. The number of hydrogen-bond acceptors (Lipinski definition) is 4. The van der Waals surface area contributed by atoms with E-state index in [1.165, 1.54) is 0 Å². The Morgan fingerprint density at radius 3 is 2.55 bits per heavy atom. The molecule has 2 aliphatic rings. The van der Waals surface area contributed by atoms with Crippen molar-refractivity contribution in [3.8, 4) is 11.5 Å². The molecule has 5 nitrogen and oxygen atoms in total. The highest BCUT2D eigenvalue weighted by molar-refractivity contribution is 5.83. The third-order valence-corrected chi connectivity index (χ3v) is 4.10. The lowest BCUT2D eigenvalue weighted by atomic mass is 9.77. The summed E-state index contributed by atoms with van der Waals surface area (Å²) in [5.74, 6) is 1.02. The zero-order chi connectivity index (χ0) is 14.2. The number of carbonyl (C=O) groups is 1. The van der Waals surface area contributed by atoms with Crippen LogP contribution in [0.15, 0.2) is 24.3 Å². The molecule has 0 spiro atoms. The van der Waals surface area contributed by atoms with E-state index in [0.717, 1.165) is 19.3 Å². The van der Waals surface area contributed by atoms with Gasteiger partial charge in [0.15, 0.2) is 11.5 Å². The summed E-state index contributed by atoms with van der Waals surface area (Å²) in [6.45, 7) is 1.78.